The molecule has 0 bridgehead atoms. The first-order chi connectivity index (χ1) is 17.5. The average molecular weight is 494 g/mol. The van der Waals surface area contributed by atoms with Crippen molar-refractivity contribution in [2.24, 2.45) is 23.0 Å². The molecular formula is C30H39NO5. The van der Waals surface area contributed by atoms with Gasteiger partial charge >= 0.3 is 0 Å². The van der Waals surface area contributed by atoms with Gasteiger partial charge in [0.05, 0.1) is 26.4 Å². The van der Waals surface area contributed by atoms with E-state index in [2.05, 4.69) is 19.1 Å². The zero-order chi connectivity index (χ0) is 25.1. The lowest BCUT2D eigenvalue weighted by molar-refractivity contribution is -0.128. The van der Waals surface area contributed by atoms with Crippen molar-refractivity contribution >= 4 is 11.6 Å². The van der Waals surface area contributed by atoms with Gasteiger partial charge < -0.3 is 19.9 Å². The normalized spacial score (nSPS) is 29.5. The number of hydrogen-bond donors (Lipinski definition) is 1. The van der Waals surface area contributed by atoms with Crippen LogP contribution in [0.2, 0.25) is 0 Å². The van der Waals surface area contributed by atoms with Crippen LogP contribution < -0.4 is 10.5 Å². The number of rotatable bonds is 10. The summed E-state index contributed by atoms with van der Waals surface area (Å²) in [4.78, 5) is 25.2. The molecule has 4 aliphatic rings. The van der Waals surface area contributed by atoms with E-state index in [0.717, 1.165) is 37.9 Å². The fourth-order valence-corrected chi connectivity index (χ4v) is 7.15. The molecule has 0 saturated heterocycles. The zero-order valence-electron chi connectivity index (χ0n) is 21.4. The van der Waals surface area contributed by atoms with Gasteiger partial charge in [0.2, 0.25) is 0 Å². The molecule has 4 unspecified atom stereocenters. The van der Waals surface area contributed by atoms with Crippen LogP contribution in [-0.2, 0) is 19.1 Å². The zero-order valence-corrected chi connectivity index (χ0v) is 21.4. The molecule has 0 spiro atoms. The molecule has 4 aliphatic carbocycles. The van der Waals surface area contributed by atoms with E-state index in [1.54, 1.807) is 0 Å². The monoisotopic (exact) mass is 493 g/mol. The number of ether oxygens (including phenoxy) is 3. The van der Waals surface area contributed by atoms with E-state index in [0.29, 0.717) is 70.0 Å². The molecule has 0 aromatic heterocycles. The summed E-state index contributed by atoms with van der Waals surface area (Å²) >= 11 is 0. The van der Waals surface area contributed by atoms with E-state index in [1.807, 2.05) is 18.2 Å². The molecule has 6 heteroatoms. The molecule has 1 aromatic rings. The van der Waals surface area contributed by atoms with Crippen molar-refractivity contribution in [2.75, 3.05) is 39.6 Å². The van der Waals surface area contributed by atoms with Crippen molar-refractivity contribution < 1.29 is 23.8 Å². The molecule has 4 atom stereocenters. The Morgan fingerprint density at radius 2 is 1.67 bits per heavy atom. The lowest BCUT2D eigenvalue weighted by atomic mass is 9.53. The Kier molecular flexibility index (Phi) is 7.75. The van der Waals surface area contributed by atoms with Gasteiger partial charge in [-0.25, -0.2) is 0 Å². The Balaban J connectivity index is 1.32. The summed E-state index contributed by atoms with van der Waals surface area (Å²) in [6.45, 7) is 5.35. The highest BCUT2D eigenvalue weighted by Crippen LogP contribution is 2.62. The number of Topliss-reactive ketones (excluding diaryl/α,β-unsaturated/α-hetero) is 1. The smallest absolute Gasteiger partial charge is 0.156 e. The molecule has 36 heavy (non-hydrogen) atoms. The first kappa shape index (κ1) is 25.4. The second kappa shape index (κ2) is 11.0. The summed E-state index contributed by atoms with van der Waals surface area (Å²) in [5.74, 6) is 2.62. The van der Waals surface area contributed by atoms with Crippen LogP contribution in [0.4, 0.5) is 0 Å². The summed E-state index contributed by atoms with van der Waals surface area (Å²) in [5.41, 5.74) is 10.6. The van der Waals surface area contributed by atoms with Crippen molar-refractivity contribution in [1.82, 2.24) is 0 Å². The van der Waals surface area contributed by atoms with Gasteiger partial charge in [-0.05, 0) is 78.9 Å². The third kappa shape index (κ3) is 4.96. The predicted octanol–water partition coefficient (Wildman–Crippen LogP) is 4.53. The Bertz CT molecular complexity index is 1040. The molecular weight excluding hydrogens is 454 g/mol. The molecule has 2 N–H and O–H groups in total. The van der Waals surface area contributed by atoms with E-state index < -0.39 is 0 Å². The number of fused-ring (bicyclic) bond motifs is 4. The highest BCUT2D eigenvalue weighted by atomic mass is 16.5. The summed E-state index contributed by atoms with van der Waals surface area (Å²) < 4.78 is 16.7. The maximum absolute atomic E-state index is 13.1. The quantitative estimate of drug-likeness (QED) is 0.482. The lowest BCUT2D eigenvalue weighted by Gasteiger charge is -2.50. The highest BCUT2D eigenvalue weighted by Gasteiger charge is 2.56. The number of carbonyl (C=O) groups excluding carboxylic acids is 2. The van der Waals surface area contributed by atoms with Gasteiger partial charge in [0.25, 0.3) is 0 Å². The number of nitrogens with two attached hydrogens (primary N) is 1. The largest absolute Gasteiger partial charge is 0.491 e. The molecule has 0 heterocycles. The Morgan fingerprint density at radius 1 is 0.917 bits per heavy atom. The molecule has 194 valence electrons. The number of carbonyl (C=O) groups is 2. The molecule has 0 radical (unpaired) electrons. The van der Waals surface area contributed by atoms with Crippen LogP contribution in [0.5, 0.6) is 5.75 Å². The summed E-state index contributed by atoms with van der Waals surface area (Å²) in [5, 5.41) is 0. The minimum Gasteiger partial charge on any atom is -0.491 e. The van der Waals surface area contributed by atoms with Crippen LogP contribution >= 0.6 is 0 Å². The maximum atomic E-state index is 13.1. The van der Waals surface area contributed by atoms with Gasteiger partial charge in [0.1, 0.15) is 18.1 Å². The lowest BCUT2D eigenvalue weighted by Crippen LogP contribution is -2.43. The standard InChI is InChI=1S/C30H39NO5/c1-30-19-26(20-2-6-23(7-3-20)36-17-16-35-15-14-34-13-12-31)29-24-9-5-22(32)18-21(24)4-8-25(29)27(30)10-11-28(30)33/h2-3,6-7,18,25-27H,4-5,8-17,19,31H2,1H3. The van der Waals surface area contributed by atoms with Gasteiger partial charge in [-0.1, -0.05) is 24.6 Å². The molecule has 2 fully saturated rings. The number of ketones is 2. The Morgan fingerprint density at radius 3 is 2.44 bits per heavy atom. The van der Waals surface area contributed by atoms with Gasteiger partial charge in [0, 0.05) is 30.7 Å². The summed E-state index contributed by atoms with van der Waals surface area (Å²) in [7, 11) is 0. The second-order valence-corrected chi connectivity index (χ2v) is 10.9. The number of benzene rings is 1. The van der Waals surface area contributed by atoms with Crippen molar-refractivity contribution in [2.45, 2.75) is 57.8 Å². The van der Waals surface area contributed by atoms with Crippen molar-refractivity contribution in [3.05, 3.63) is 52.6 Å². The first-order valence-electron chi connectivity index (χ1n) is 13.6. The van der Waals surface area contributed by atoms with E-state index >= 15 is 0 Å². The van der Waals surface area contributed by atoms with Crippen LogP contribution in [0.1, 0.15) is 63.4 Å². The van der Waals surface area contributed by atoms with Crippen LogP contribution in [-0.4, -0.2) is 51.1 Å². The van der Waals surface area contributed by atoms with Gasteiger partial charge in [-0.15, -0.1) is 0 Å². The minimum atomic E-state index is -0.245. The molecule has 0 amide bonds. The molecule has 0 aliphatic heterocycles. The molecule has 6 nitrogen and oxygen atoms in total. The van der Waals surface area contributed by atoms with Crippen molar-refractivity contribution in [3.8, 4) is 5.75 Å². The van der Waals surface area contributed by atoms with Crippen LogP contribution in [0.3, 0.4) is 0 Å². The Labute approximate surface area is 214 Å². The second-order valence-electron chi connectivity index (χ2n) is 10.9. The third-order valence-electron chi connectivity index (χ3n) is 8.86. The molecule has 5 rings (SSSR count). The number of hydrogen-bond acceptors (Lipinski definition) is 6. The van der Waals surface area contributed by atoms with Crippen molar-refractivity contribution in [1.29, 1.82) is 0 Å². The van der Waals surface area contributed by atoms with Gasteiger partial charge in [-0.3, -0.25) is 9.59 Å². The van der Waals surface area contributed by atoms with Crippen LogP contribution in [0.15, 0.2) is 47.1 Å². The number of allylic oxidation sites excluding steroid dienone is 4. The van der Waals surface area contributed by atoms with Crippen LogP contribution in [0.25, 0.3) is 0 Å². The minimum absolute atomic E-state index is 0.219. The van der Waals surface area contributed by atoms with Gasteiger partial charge in [0.15, 0.2) is 5.78 Å². The third-order valence-corrected chi connectivity index (χ3v) is 8.86. The summed E-state index contributed by atoms with van der Waals surface area (Å²) in [6, 6.07) is 8.41. The molecule has 2 saturated carbocycles. The SMILES string of the molecule is CC12CC(c3ccc(OCCOCCOCCN)cc3)C3=C4CCC(=O)C=C4CCC3C1CCC2=O. The fourth-order valence-electron chi connectivity index (χ4n) is 7.15. The van der Waals surface area contributed by atoms with Crippen LogP contribution in [0, 0.1) is 17.3 Å². The average Bonchev–Trinajstić information content (AvgIpc) is 3.19. The van der Waals surface area contributed by atoms with E-state index in [9.17, 15) is 9.59 Å². The van der Waals surface area contributed by atoms with E-state index in [-0.39, 0.29) is 17.1 Å². The van der Waals surface area contributed by atoms with E-state index in [4.69, 9.17) is 19.9 Å². The predicted molar refractivity (Wildman–Crippen MR) is 138 cm³/mol. The maximum Gasteiger partial charge on any atom is 0.156 e. The van der Waals surface area contributed by atoms with Gasteiger partial charge in [-0.2, -0.15) is 0 Å². The fraction of sp³-hybridized carbons (Fsp3) is 0.600. The highest BCUT2D eigenvalue weighted by molar-refractivity contribution is 5.93. The summed E-state index contributed by atoms with van der Waals surface area (Å²) in [6.07, 6.45) is 7.97. The first-order valence-corrected chi connectivity index (χ1v) is 13.6. The molecule has 1 aromatic carbocycles. The van der Waals surface area contributed by atoms with E-state index in [1.165, 1.54) is 22.3 Å². The Hall–Kier alpha value is -2.28. The van der Waals surface area contributed by atoms with Crippen molar-refractivity contribution in [3.63, 3.8) is 0 Å². The topological polar surface area (TPSA) is 87.8 Å².